The fourth-order valence-electron chi connectivity index (χ4n) is 3.23. The van der Waals surface area contributed by atoms with Gasteiger partial charge in [-0.05, 0) is 58.3 Å². The molecular formula is C30H58N4O10+2. The van der Waals surface area contributed by atoms with Crippen molar-refractivity contribution in [2.45, 2.75) is 96.8 Å². The number of rotatable bonds is 23. The van der Waals surface area contributed by atoms with Gasteiger partial charge in [0.2, 0.25) is 11.8 Å². The van der Waals surface area contributed by atoms with E-state index < -0.39 is 0 Å². The molecule has 14 nitrogen and oxygen atoms in total. The number of quaternary nitrogens is 1. The molecule has 0 atom stereocenters. The van der Waals surface area contributed by atoms with Crippen LogP contribution in [0, 0.1) is 0 Å². The summed E-state index contributed by atoms with van der Waals surface area (Å²) in [7, 11) is 4.04. The van der Waals surface area contributed by atoms with E-state index in [9.17, 15) is 28.8 Å². The van der Waals surface area contributed by atoms with Crippen LogP contribution in [0.5, 0.6) is 0 Å². The minimum Gasteiger partial charge on any atom is -0.469 e. The number of carbonyl (C=O) groups is 6. The molecule has 256 valence electrons. The highest BCUT2D eigenvalue weighted by Crippen LogP contribution is 2.03. The number of unbranched alkanes of at least 4 members (excludes halogenated alkanes) is 4. The van der Waals surface area contributed by atoms with Crippen LogP contribution in [-0.4, -0.2) is 96.5 Å². The lowest BCUT2D eigenvalue weighted by Gasteiger charge is -2.07. The normalized spacial score (nSPS) is 9.66. The summed E-state index contributed by atoms with van der Waals surface area (Å²) in [5, 5.41) is 7.82. The molecule has 0 aromatic carbocycles. The molecule has 0 radical (unpaired) electrons. The highest BCUT2D eigenvalue weighted by molar-refractivity contribution is 5.76. The molecule has 0 aromatic heterocycles. The van der Waals surface area contributed by atoms with Crippen LogP contribution in [0.1, 0.15) is 96.8 Å². The highest BCUT2D eigenvalue weighted by atomic mass is 16.5. The zero-order valence-electron chi connectivity index (χ0n) is 27.4. The van der Waals surface area contributed by atoms with Gasteiger partial charge in [-0.3, -0.25) is 28.4 Å². The smallest absolute Gasteiger partial charge is 0.469 e. The number of likely N-dealkylation sites (N-methyl/N-ethyl adjacent to an activating group) is 1. The van der Waals surface area contributed by atoms with Gasteiger partial charge in [-0.1, -0.05) is 0 Å². The molecule has 0 saturated heterocycles. The van der Waals surface area contributed by atoms with Crippen LogP contribution in [0.3, 0.4) is 0 Å². The first-order valence-electron chi connectivity index (χ1n) is 15.3. The number of ether oxygens (including phenoxy) is 3. The maximum atomic E-state index is 11.6. The molecule has 0 bridgehead atoms. The predicted molar refractivity (Wildman–Crippen MR) is 165 cm³/mol. The van der Waals surface area contributed by atoms with E-state index in [1.807, 2.05) is 0 Å². The molecule has 44 heavy (non-hydrogen) atoms. The Hall–Kier alpha value is -3.39. The SMILES string of the molecule is C=[O+]C(=O)CCCCC(=O)OC.CC[NH2+]CCN.COC(=O)CCCCC(=O)NCCCCNC(=O)CCCCC(=O)OC. The zero-order chi connectivity index (χ0) is 33.8. The quantitative estimate of drug-likeness (QED) is 0.0533. The lowest BCUT2D eigenvalue weighted by Crippen LogP contribution is -2.84. The van der Waals surface area contributed by atoms with Crippen LogP contribution < -0.4 is 21.7 Å². The van der Waals surface area contributed by atoms with Gasteiger partial charge in [-0.15, -0.1) is 0 Å². The Labute approximate surface area is 262 Å². The van der Waals surface area contributed by atoms with E-state index in [4.69, 9.17) is 5.73 Å². The summed E-state index contributed by atoms with van der Waals surface area (Å²) < 4.78 is 17.7. The first kappa shape index (κ1) is 45.0. The van der Waals surface area contributed by atoms with Crippen LogP contribution in [0.25, 0.3) is 0 Å². The molecule has 0 unspecified atom stereocenters. The second-order valence-electron chi connectivity index (χ2n) is 9.55. The first-order chi connectivity index (χ1) is 21.1. The van der Waals surface area contributed by atoms with Gasteiger partial charge in [-0.2, -0.15) is 0 Å². The van der Waals surface area contributed by atoms with Gasteiger partial charge in [0.15, 0.2) is 6.79 Å². The van der Waals surface area contributed by atoms with E-state index in [0.29, 0.717) is 90.1 Å². The van der Waals surface area contributed by atoms with Crippen molar-refractivity contribution in [1.82, 2.24) is 10.6 Å². The fraction of sp³-hybridized carbons (Fsp3) is 0.767. The molecule has 0 heterocycles. The van der Waals surface area contributed by atoms with Crippen molar-refractivity contribution in [1.29, 1.82) is 0 Å². The van der Waals surface area contributed by atoms with E-state index in [2.05, 4.69) is 48.3 Å². The summed E-state index contributed by atoms with van der Waals surface area (Å²) in [4.78, 5) is 66.1. The lowest BCUT2D eigenvalue weighted by atomic mass is 10.2. The highest BCUT2D eigenvalue weighted by Gasteiger charge is 2.11. The maximum absolute atomic E-state index is 11.6. The number of hydrogen-bond donors (Lipinski definition) is 4. The summed E-state index contributed by atoms with van der Waals surface area (Å²) >= 11 is 0. The molecule has 6 N–H and O–H groups in total. The molecule has 2 amide bonds. The van der Waals surface area contributed by atoms with Crippen molar-refractivity contribution in [2.75, 3.05) is 54.1 Å². The van der Waals surface area contributed by atoms with E-state index in [1.165, 1.54) is 21.3 Å². The molecule has 0 aromatic rings. The topological polar surface area (TPSA) is 208 Å². The van der Waals surface area contributed by atoms with Gasteiger partial charge < -0.3 is 35.9 Å². The third kappa shape index (κ3) is 38.6. The van der Waals surface area contributed by atoms with E-state index in [-0.39, 0.29) is 35.7 Å². The summed E-state index contributed by atoms with van der Waals surface area (Å²) in [6.45, 7) is 9.26. The van der Waals surface area contributed by atoms with Crippen molar-refractivity contribution in [3.05, 3.63) is 0 Å². The number of methoxy groups -OCH3 is 3. The Balaban J connectivity index is -0.000000764. The molecule has 0 rings (SSSR count). The Morgan fingerprint density at radius 3 is 1.30 bits per heavy atom. The third-order valence-electron chi connectivity index (χ3n) is 5.83. The largest absolute Gasteiger partial charge is 0.579 e. The zero-order valence-corrected chi connectivity index (χ0v) is 27.4. The minimum atomic E-state index is -0.347. The summed E-state index contributed by atoms with van der Waals surface area (Å²) in [6, 6.07) is 0. The monoisotopic (exact) mass is 634 g/mol. The summed E-state index contributed by atoms with van der Waals surface area (Å²) in [5.74, 6) is -1.15. The van der Waals surface area contributed by atoms with Crippen molar-refractivity contribution in [3.8, 4) is 0 Å². The molecule has 0 fully saturated rings. The average Bonchev–Trinajstić information content (AvgIpc) is 3.03. The van der Waals surface area contributed by atoms with Crippen LogP contribution >= 0.6 is 0 Å². The van der Waals surface area contributed by atoms with Gasteiger partial charge >= 0.3 is 23.9 Å². The van der Waals surface area contributed by atoms with Gasteiger partial charge in [0, 0.05) is 56.5 Å². The molecule has 0 spiro atoms. The van der Waals surface area contributed by atoms with E-state index in [1.54, 1.807) is 0 Å². The second-order valence-corrected chi connectivity index (χ2v) is 9.55. The van der Waals surface area contributed by atoms with Crippen molar-refractivity contribution >= 4 is 42.5 Å². The predicted octanol–water partition coefficient (Wildman–Crippen LogP) is 0.605. The van der Waals surface area contributed by atoms with Crippen LogP contribution in [0.2, 0.25) is 0 Å². The van der Waals surface area contributed by atoms with Crippen LogP contribution in [0.15, 0.2) is 0 Å². The van der Waals surface area contributed by atoms with Gasteiger partial charge in [0.05, 0.1) is 34.4 Å². The van der Waals surface area contributed by atoms with Gasteiger partial charge in [0.1, 0.15) is 6.42 Å². The molecule has 0 aliphatic carbocycles. The first-order valence-corrected chi connectivity index (χ1v) is 15.3. The second kappa shape index (κ2) is 35.8. The third-order valence-corrected chi connectivity index (χ3v) is 5.83. The molecule has 0 aliphatic rings. The van der Waals surface area contributed by atoms with Gasteiger partial charge in [0.25, 0.3) is 0 Å². The summed E-state index contributed by atoms with van der Waals surface area (Å²) in [5.41, 5.74) is 5.18. The molecule has 14 heteroatoms. The average molecular weight is 635 g/mol. The van der Waals surface area contributed by atoms with Crippen LogP contribution in [-0.2, 0) is 47.4 Å². The van der Waals surface area contributed by atoms with E-state index >= 15 is 0 Å². The number of amides is 2. The van der Waals surface area contributed by atoms with Crippen molar-refractivity contribution in [3.63, 3.8) is 0 Å². The number of esters is 3. The minimum absolute atomic E-state index is 0.0236. The number of hydrogen-bond acceptors (Lipinski definition) is 10. The van der Waals surface area contributed by atoms with Crippen LogP contribution in [0.4, 0.5) is 0 Å². The Morgan fingerprint density at radius 1 is 0.636 bits per heavy atom. The Kier molecular flexibility index (Phi) is 36.7. The number of nitrogens with two attached hydrogens (primary N) is 2. The van der Waals surface area contributed by atoms with Crippen molar-refractivity contribution in [2.24, 2.45) is 5.73 Å². The van der Waals surface area contributed by atoms with Gasteiger partial charge in [-0.25, -0.2) is 0 Å². The standard InChI is InChI=1S/C18H32N2O6.C8H13O4.C4H12N2/c1-25-17(23)11-5-3-9-15(21)19-13-7-8-14-20-16(22)10-4-6-12-18(24)26-2;1-11-7(9)5-3-4-6-8(10)12-2;1-2-6-4-3-5/h3-14H2,1-2H3,(H,19,21)(H,20,22);1,3-6H2,2H3;6H,2-5H2,1H3/q;+1;/p+1. The number of nitrogens with one attached hydrogen (secondary N) is 2. The molecule has 0 aliphatic heterocycles. The lowest BCUT2D eigenvalue weighted by molar-refractivity contribution is -0.649. The Morgan fingerprint density at radius 2 is 1.00 bits per heavy atom. The number of carbonyl (C=O) groups excluding carboxylic acids is 7. The maximum Gasteiger partial charge on any atom is 0.579 e. The van der Waals surface area contributed by atoms with E-state index in [0.717, 1.165) is 32.5 Å². The van der Waals surface area contributed by atoms with Crippen molar-refractivity contribution < 1.29 is 52.7 Å². The Bertz CT molecular complexity index is 750. The fourth-order valence-corrected chi connectivity index (χ4v) is 3.23. The summed E-state index contributed by atoms with van der Waals surface area (Å²) in [6.07, 6.45) is 7.59. The molecule has 0 saturated carbocycles. The molecular weight excluding hydrogens is 576 g/mol.